The van der Waals surface area contributed by atoms with Gasteiger partial charge in [-0.15, -0.1) is 0 Å². The number of nitrogens with two attached hydrogens (primary N) is 1. The Morgan fingerprint density at radius 1 is 1.50 bits per heavy atom. The monoisotopic (exact) mass is 253 g/mol. The van der Waals surface area contributed by atoms with Crippen LogP contribution in [0.15, 0.2) is 23.4 Å². The first-order valence-corrected chi connectivity index (χ1v) is 5.84. The Labute approximate surface area is 107 Å². The van der Waals surface area contributed by atoms with Gasteiger partial charge in [-0.1, -0.05) is 12.1 Å². The molecule has 0 aliphatic carbocycles. The van der Waals surface area contributed by atoms with Gasteiger partial charge in [0, 0.05) is 18.2 Å². The predicted molar refractivity (Wildman–Crippen MR) is 71.7 cm³/mol. The van der Waals surface area contributed by atoms with Gasteiger partial charge in [-0.05, 0) is 38.5 Å². The highest BCUT2D eigenvalue weighted by Gasteiger charge is 2.23. The summed E-state index contributed by atoms with van der Waals surface area (Å²) in [6.07, 6.45) is 0.894. The Balaban J connectivity index is 3.14. The predicted octanol–water partition coefficient (Wildman–Crippen LogP) is 2.54. The molecule has 0 atom stereocenters. The minimum Gasteiger partial charge on any atom is -0.409 e. The number of rotatable bonds is 4. The van der Waals surface area contributed by atoms with Gasteiger partial charge < -0.3 is 15.8 Å². The van der Waals surface area contributed by atoms with E-state index in [1.54, 1.807) is 12.1 Å². The zero-order valence-corrected chi connectivity index (χ0v) is 11.2. The fourth-order valence-corrected chi connectivity index (χ4v) is 1.56. The molecule has 3 N–H and O–H groups in total. The van der Waals surface area contributed by atoms with Gasteiger partial charge in [0.15, 0.2) is 5.84 Å². The average molecular weight is 253 g/mol. The van der Waals surface area contributed by atoms with Gasteiger partial charge in [0.25, 0.3) is 0 Å². The van der Waals surface area contributed by atoms with Gasteiger partial charge >= 0.3 is 0 Å². The lowest BCUT2D eigenvalue weighted by Crippen LogP contribution is -2.41. The molecule has 0 unspecified atom stereocenters. The van der Waals surface area contributed by atoms with Gasteiger partial charge in [0.2, 0.25) is 0 Å². The molecule has 0 saturated carbocycles. The molecule has 1 aromatic rings. The number of hydrogen-bond acceptors (Lipinski definition) is 3. The molecule has 0 bridgehead atoms. The first-order valence-electron chi connectivity index (χ1n) is 5.84. The van der Waals surface area contributed by atoms with Crippen molar-refractivity contribution in [3.05, 3.63) is 29.6 Å². The molecule has 1 rings (SSSR count). The van der Waals surface area contributed by atoms with Crippen molar-refractivity contribution in [3.8, 4) is 0 Å². The van der Waals surface area contributed by atoms with E-state index < -0.39 is 0 Å². The molecule has 4 nitrogen and oxygen atoms in total. The highest BCUT2D eigenvalue weighted by Crippen LogP contribution is 2.27. The van der Waals surface area contributed by atoms with E-state index in [9.17, 15) is 4.39 Å². The molecule has 1 aromatic carbocycles. The normalized spacial score (nSPS) is 12.6. The molecule has 0 radical (unpaired) electrons. The van der Waals surface area contributed by atoms with Crippen LogP contribution in [0.2, 0.25) is 0 Å². The average Bonchev–Trinajstić information content (AvgIpc) is 2.36. The molecule has 0 aliphatic rings. The Morgan fingerprint density at radius 3 is 2.56 bits per heavy atom. The lowest BCUT2D eigenvalue weighted by molar-refractivity contribution is 0.318. The molecule has 0 amide bonds. The van der Waals surface area contributed by atoms with Crippen molar-refractivity contribution in [2.45, 2.75) is 32.7 Å². The van der Waals surface area contributed by atoms with E-state index in [1.165, 1.54) is 6.07 Å². The standard InChI is InChI=1S/C13H20FN3O/c1-5-13(2,3)17(4)11-7-6-9(8-10(11)14)12(15)16-18/h6-8,18H,5H2,1-4H3,(H2,15,16). The van der Waals surface area contributed by atoms with E-state index in [1.807, 2.05) is 25.8 Å². The van der Waals surface area contributed by atoms with Crippen LogP contribution in [-0.4, -0.2) is 23.6 Å². The van der Waals surface area contributed by atoms with Crippen LogP contribution in [0.5, 0.6) is 0 Å². The Morgan fingerprint density at radius 2 is 2.11 bits per heavy atom. The summed E-state index contributed by atoms with van der Waals surface area (Å²) < 4.78 is 14.0. The highest BCUT2D eigenvalue weighted by molar-refractivity contribution is 5.97. The number of benzene rings is 1. The van der Waals surface area contributed by atoms with Crippen LogP contribution in [0, 0.1) is 5.82 Å². The summed E-state index contributed by atoms with van der Waals surface area (Å²) in [6.45, 7) is 6.15. The molecular formula is C13H20FN3O. The van der Waals surface area contributed by atoms with Gasteiger partial charge in [0.1, 0.15) is 5.82 Å². The maximum Gasteiger partial charge on any atom is 0.170 e. The Kier molecular flexibility index (Phi) is 4.16. The smallest absolute Gasteiger partial charge is 0.170 e. The third-order valence-electron chi connectivity index (χ3n) is 3.49. The first kappa shape index (κ1) is 14.3. The zero-order chi connectivity index (χ0) is 13.9. The summed E-state index contributed by atoms with van der Waals surface area (Å²) in [5.41, 5.74) is 6.14. The Hall–Kier alpha value is -1.78. The minimum atomic E-state index is -0.386. The molecule has 0 spiro atoms. The number of hydrogen-bond donors (Lipinski definition) is 2. The van der Waals surface area contributed by atoms with Crippen molar-refractivity contribution in [3.63, 3.8) is 0 Å². The SMILES string of the molecule is CCC(C)(C)N(C)c1ccc(C(N)=NO)cc1F. The summed E-state index contributed by atoms with van der Waals surface area (Å²) in [5, 5.41) is 11.4. The van der Waals surface area contributed by atoms with E-state index >= 15 is 0 Å². The van der Waals surface area contributed by atoms with Gasteiger partial charge in [-0.2, -0.15) is 0 Å². The van der Waals surface area contributed by atoms with E-state index in [-0.39, 0.29) is 17.2 Å². The maximum absolute atomic E-state index is 14.0. The quantitative estimate of drug-likeness (QED) is 0.375. The topological polar surface area (TPSA) is 61.8 Å². The van der Waals surface area contributed by atoms with Crippen molar-refractivity contribution >= 4 is 11.5 Å². The lowest BCUT2D eigenvalue weighted by Gasteiger charge is -2.37. The Bertz CT molecular complexity index is 458. The van der Waals surface area contributed by atoms with Gasteiger partial charge in [-0.3, -0.25) is 0 Å². The van der Waals surface area contributed by atoms with E-state index in [0.29, 0.717) is 11.3 Å². The number of anilines is 1. The molecule has 0 heterocycles. The molecule has 100 valence electrons. The van der Waals surface area contributed by atoms with E-state index in [2.05, 4.69) is 12.1 Å². The van der Waals surface area contributed by atoms with Gasteiger partial charge in [-0.25, -0.2) is 4.39 Å². The summed E-state index contributed by atoms with van der Waals surface area (Å²) in [7, 11) is 1.85. The van der Waals surface area contributed by atoms with Crippen LogP contribution in [-0.2, 0) is 0 Å². The molecule has 18 heavy (non-hydrogen) atoms. The summed E-state index contributed by atoms with van der Waals surface area (Å²) in [5.74, 6) is -0.485. The molecule has 0 aromatic heterocycles. The van der Waals surface area contributed by atoms with Crippen molar-refractivity contribution in [2.24, 2.45) is 10.9 Å². The van der Waals surface area contributed by atoms with Gasteiger partial charge in [0.05, 0.1) is 5.69 Å². The lowest BCUT2D eigenvalue weighted by atomic mass is 9.99. The van der Waals surface area contributed by atoms with Crippen LogP contribution < -0.4 is 10.6 Å². The van der Waals surface area contributed by atoms with E-state index in [0.717, 1.165) is 6.42 Å². The molecule has 0 fully saturated rings. The summed E-state index contributed by atoms with van der Waals surface area (Å²) >= 11 is 0. The zero-order valence-electron chi connectivity index (χ0n) is 11.2. The second-order valence-electron chi connectivity index (χ2n) is 4.88. The largest absolute Gasteiger partial charge is 0.409 e. The van der Waals surface area contributed by atoms with Crippen molar-refractivity contribution in [1.29, 1.82) is 0 Å². The third kappa shape index (κ3) is 2.72. The summed E-state index contributed by atoms with van der Waals surface area (Å²) in [4.78, 5) is 1.89. The van der Waals surface area contributed by atoms with Crippen LogP contribution in [0.1, 0.15) is 32.8 Å². The van der Waals surface area contributed by atoms with Crippen LogP contribution in [0.4, 0.5) is 10.1 Å². The van der Waals surface area contributed by atoms with Crippen LogP contribution >= 0.6 is 0 Å². The third-order valence-corrected chi connectivity index (χ3v) is 3.49. The first-order chi connectivity index (χ1) is 8.33. The molecule has 5 heteroatoms. The fourth-order valence-electron chi connectivity index (χ4n) is 1.56. The number of amidine groups is 1. The van der Waals surface area contributed by atoms with Crippen LogP contribution in [0.25, 0.3) is 0 Å². The van der Waals surface area contributed by atoms with E-state index in [4.69, 9.17) is 10.9 Å². The maximum atomic E-state index is 14.0. The minimum absolute atomic E-state index is 0.0992. The molecular weight excluding hydrogens is 233 g/mol. The fraction of sp³-hybridized carbons (Fsp3) is 0.462. The number of halogens is 1. The summed E-state index contributed by atoms with van der Waals surface area (Å²) in [6, 6.07) is 4.54. The van der Waals surface area contributed by atoms with Crippen molar-refractivity contribution in [1.82, 2.24) is 0 Å². The van der Waals surface area contributed by atoms with Crippen LogP contribution in [0.3, 0.4) is 0 Å². The second kappa shape index (κ2) is 5.25. The molecule has 0 aliphatic heterocycles. The molecule has 0 saturated heterocycles. The number of oxime groups is 1. The highest BCUT2D eigenvalue weighted by atomic mass is 19.1. The van der Waals surface area contributed by atoms with Crippen molar-refractivity contribution < 1.29 is 9.60 Å². The second-order valence-corrected chi connectivity index (χ2v) is 4.88. The van der Waals surface area contributed by atoms with Crippen molar-refractivity contribution in [2.75, 3.05) is 11.9 Å². The number of nitrogens with zero attached hydrogens (tertiary/aromatic N) is 2.